The SMILES string of the molecule is N#CC=Cc1ccc(Cl)cc1[N+](=O)[O-]. The third-order valence-corrected chi connectivity index (χ3v) is 1.76. The van der Waals surface area contributed by atoms with E-state index in [1.807, 2.05) is 0 Å². The summed E-state index contributed by atoms with van der Waals surface area (Å²) < 4.78 is 0. The van der Waals surface area contributed by atoms with Gasteiger partial charge in [-0.05, 0) is 18.2 Å². The van der Waals surface area contributed by atoms with Crippen LogP contribution in [0.25, 0.3) is 6.08 Å². The third kappa shape index (κ3) is 2.31. The number of nitro benzene ring substituents is 1. The molecular weight excluding hydrogens is 204 g/mol. The maximum Gasteiger partial charge on any atom is 0.278 e. The highest BCUT2D eigenvalue weighted by molar-refractivity contribution is 6.30. The molecule has 4 nitrogen and oxygen atoms in total. The van der Waals surface area contributed by atoms with E-state index in [4.69, 9.17) is 16.9 Å². The van der Waals surface area contributed by atoms with Gasteiger partial charge in [0, 0.05) is 17.2 Å². The average molecular weight is 209 g/mol. The lowest BCUT2D eigenvalue weighted by Crippen LogP contribution is -1.90. The highest BCUT2D eigenvalue weighted by atomic mass is 35.5. The minimum Gasteiger partial charge on any atom is -0.258 e. The van der Waals surface area contributed by atoms with Crippen LogP contribution in [-0.2, 0) is 0 Å². The molecule has 0 unspecified atom stereocenters. The van der Waals surface area contributed by atoms with E-state index in [0.29, 0.717) is 10.6 Å². The summed E-state index contributed by atoms with van der Waals surface area (Å²) in [4.78, 5) is 10.0. The van der Waals surface area contributed by atoms with Crippen molar-refractivity contribution in [2.45, 2.75) is 0 Å². The molecule has 0 heterocycles. The predicted octanol–water partition coefficient (Wildman–Crippen LogP) is 2.78. The van der Waals surface area contributed by atoms with Crippen LogP contribution in [0.2, 0.25) is 5.02 Å². The first kappa shape index (κ1) is 10.2. The quantitative estimate of drug-likeness (QED) is 0.426. The summed E-state index contributed by atoms with van der Waals surface area (Å²) >= 11 is 5.60. The standard InChI is InChI=1S/C9H5ClN2O2/c10-8-4-3-7(2-1-5-11)9(6-8)12(13)14/h1-4,6H. The summed E-state index contributed by atoms with van der Waals surface area (Å²) in [5.74, 6) is 0. The maximum atomic E-state index is 10.6. The summed E-state index contributed by atoms with van der Waals surface area (Å²) in [7, 11) is 0. The maximum absolute atomic E-state index is 10.6. The molecule has 0 N–H and O–H groups in total. The lowest BCUT2D eigenvalue weighted by molar-refractivity contribution is -0.385. The zero-order valence-corrected chi connectivity index (χ0v) is 7.73. The van der Waals surface area contributed by atoms with Crippen molar-refractivity contribution in [2.75, 3.05) is 0 Å². The molecule has 5 heteroatoms. The number of rotatable bonds is 2. The first-order chi connectivity index (χ1) is 6.65. The Hall–Kier alpha value is -1.86. The second kappa shape index (κ2) is 4.40. The molecule has 0 atom stereocenters. The zero-order chi connectivity index (χ0) is 10.6. The zero-order valence-electron chi connectivity index (χ0n) is 6.98. The molecule has 14 heavy (non-hydrogen) atoms. The Kier molecular flexibility index (Phi) is 3.21. The molecule has 0 saturated carbocycles. The highest BCUT2D eigenvalue weighted by Gasteiger charge is 2.11. The van der Waals surface area contributed by atoms with Crippen LogP contribution in [0.3, 0.4) is 0 Å². The van der Waals surface area contributed by atoms with E-state index in [1.54, 1.807) is 6.07 Å². The summed E-state index contributed by atoms with van der Waals surface area (Å²) in [5, 5.41) is 19.1. The molecule has 1 aromatic rings. The largest absolute Gasteiger partial charge is 0.278 e. The predicted molar refractivity (Wildman–Crippen MR) is 52.8 cm³/mol. The van der Waals surface area contributed by atoms with Crippen molar-refractivity contribution in [2.24, 2.45) is 0 Å². The Morgan fingerprint density at radius 2 is 2.29 bits per heavy atom. The van der Waals surface area contributed by atoms with Crippen molar-refractivity contribution in [1.29, 1.82) is 5.26 Å². The van der Waals surface area contributed by atoms with Crippen molar-refractivity contribution in [3.63, 3.8) is 0 Å². The van der Waals surface area contributed by atoms with E-state index in [2.05, 4.69) is 0 Å². The van der Waals surface area contributed by atoms with E-state index in [1.165, 1.54) is 30.4 Å². The third-order valence-electron chi connectivity index (χ3n) is 1.53. The Bertz CT molecular complexity index is 435. The topological polar surface area (TPSA) is 66.9 Å². The van der Waals surface area contributed by atoms with Crippen molar-refractivity contribution in [3.05, 3.63) is 45.0 Å². The molecule has 0 radical (unpaired) electrons. The van der Waals surface area contributed by atoms with Gasteiger partial charge in [-0.1, -0.05) is 11.6 Å². The number of nitro groups is 1. The van der Waals surface area contributed by atoms with E-state index >= 15 is 0 Å². The molecule has 1 rings (SSSR count). The molecule has 0 aromatic heterocycles. The van der Waals surface area contributed by atoms with E-state index in [9.17, 15) is 10.1 Å². The normalized spacial score (nSPS) is 10.0. The lowest BCUT2D eigenvalue weighted by atomic mass is 10.1. The second-order valence-electron chi connectivity index (χ2n) is 2.42. The number of hydrogen-bond acceptors (Lipinski definition) is 3. The minimum absolute atomic E-state index is 0.107. The van der Waals surface area contributed by atoms with Crippen LogP contribution in [0.5, 0.6) is 0 Å². The molecule has 0 saturated heterocycles. The first-order valence-electron chi connectivity index (χ1n) is 3.65. The van der Waals surface area contributed by atoms with Crippen molar-refractivity contribution < 1.29 is 4.92 Å². The molecule has 0 aliphatic heterocycles. The van der Waals surface area contributed by atoms with Gasteiger partial charge in [0.15, 0.2) is 0 Å². The van der Waals surface area contributed by atoms with Gasteiger partial charge in [0.05, 0.1) is 16.6 Å². The number of nitriles is 1. The average Bonchev–Trinajstić information content (AvgIpc) is 2.15. The number of halogens is 1. The van der Waals surface area contributed by atoms with Gasteiger partial charge in [0.2, 0.25) is 0 Å². The van der Waals surface area contributed by atoms with Crippen molar-refractivity contribution in [1.82, 2.24) is 0 Å². The lowest BCUT2D eigenvalue weighted by Gasteiger charge is -1.96. The molecular formula is C9H5ClN2O2. The van der Waals surface area contributed by atoms with Gasteiger partial charge < -0.3 is 0 Å². The van der Waals surface area contributed by atoms with Crippen LogP contribution in [-0.4, -0.2) is 4.92 Å². The van der Waals surface area contributed by atoms with Gasteiger partial charge in [-0.2, -0.15) is 5.26 Å². The van der Waals surface area contributed by atoms with Gasteiger partial charge >= 0.3 is 0 Å². The highest BCUT2D eigenvalue weighted by Crippen LogP contribution is 2.23. The van der Waals surface area contributed by atoms with Crippen LogP contribution < -0.4 is 0 Å². The monoisotopic (exact) mass is 208 g/mol. The summed E-state index contributed by atoms with van der Waals surface area (Å²) in [6, 6.07) is 6.04. The minimum atomic E-state index is -0.539. The fraction of sp³-hybridized carbons (Fsp3) is 0. The van der Waals surface area contributed by atoms with Crippen molar-refractivity contribution in [3.8, 4) is 6.07 Å². The Labute approximate surface area is 85.2 Å². The number of allylic oxidation sites excluding steroid dienone is 1. The van der Waals surface area contributed by atoms with Gasteiger partial charge in [-0.15, -0.1) is 0 Å². The Morgan fingerprint density at radius 1 is 1.57 bits per heavy atom. The fourth-order valence-corrected chi connectivity index (χ4v) is 1.11. The van der Waals surface area contributed by atoms with Crippen LogP contribution in [0.15, 0.2) is 24.3 Å². The molecule has 1 aromatic carbocycles. The molecule has 0 aliphatic rings. The Morgan fingerprint density at radius 3 is 2.86 bits per heavy atom. The smallest absolute Gasteiger partial charge is 0.258 e. The van der Waals surface area contributed by atoms with Crippen molar-refractivity contribution >= 4 is 23.4 Å². The second-order valence-corrected chi connectivity index (χ2v) is 2.86. The molecule has 0 bridgehead atoms. The van der Waals surface area contributed by atoms with Crippen LogP contribution in [0.1, 0.15) is 5.56 Å². The van der Waals surface area contributed by atoms with Gasteiger partial charge in [-0.25, -0.2) is 0 Å². The number of nitrogens with zero attached hydrogens (tertiary/aromatic N) is 2. The molecule has 70 valence electrons. The Balaban J connectivity index is 3.23. The summed E-state index contributed by atoms with van der Waals surface area (Å²) in [6.45, 7) is 0. The summed E-state index contributed by atoms with van der Waals surface area (Å²) in [6.07, 6.45) is 2.55. The summed E-state index contributed by atoms with van der Waals surface area (Å²) in [5.41, 5.74) is 0.255. The molecule has 0 amide bonds. The van der Waals surface area contributed by atoms with Gasteiger partial charge in [0.1, 0.15) is 0 Å². The number of benzene rings is 1. The molecule has 0 spiro atoms. The van der Waals surface area contributed by atoms with Crippen LogP contribution in [0.4, 0.5) is 5.69 Å². The van der Waals surface area contributed by atoms with E-state index in [-0.39, 0.29) is 5.69 Å². The number of hydrogen-bond donors (Lipinski definition) is 0. The first-order valence-corrected chi connectivity index (χ1v) is 4.03. The van der Waals surface area contributed by atoms with Crippen LogP contribution >= 0.6 is 11.6 Å². The van der Waals surface area contributed by atoms with E-state index in [0.717, 1.165) is 0 Å². The molecule has 0 aliphatic carbocycles. The van der Waals surface area contributed by atoms with E-state index < -0.39 is 4.92 Å². The molecule has 0 fully saturated rings. The fourth-order valence-electron chi connectivity index (χ4n) is 0.943. The van der Waals surface area contributed by atoms with Crippen LogP contribution in [0, 0.1) is 21.4 Å². The van der Waals surface area contributed by atoms with Gasteiger partial charge in [0.25, 0.3) is 5.69 Å². The van der Waals surface area contributed by atoms with Gasteiger partial charge in [-0.3, -0.25) is 10.1 Å².